The third-order valence-corrected chi connectivity index (χ3v) is 4.96. The summed E-state index contributed by atoms with van der Waals surface area (Å²) in [6.07, 6.45) is 0.881. The second-order valence-corrected chi connectivity index (χ2v) is 7.66. The number of hydrogen-bond acceptors (Lipinski definition) is 4. The average molecular weight is 336 g/mol. The van der Waals surface area contributed by atoms with Crippen LogP contribution in [0.5, 0.6) is 5.75 Å². The zero-order chi connectivity index (χ0) is 16.6. The predicted molar refractivity (Wildman–Crippen MR) is 100.0 cm³/mol. The van der Waals surface area contributed by atoms with Gasteiger partial charge in [0.15, 0.2) is 0 Å². The standard InChI is InChI=1S/C20H20N2OS/c1-20(2)13-21-16-11-15(8-9-18(16)23-20)17-12-24-19(22-17)10-14-6-4-3-5-7-14/h3-9,11-12,21H,10,13H2,1-2H3. The van der Waals surface area contributed by atoms with E-state index in [-0.39, 0.29) is 5.60 Å². The Morgan fingerprint density at radius 1 is 1.17 bits per heavy atom. The van der Waals surface area contributed by atoms with Gasteiger partial charge >= 0.3 is 0 Å². The highest BCUT2D eigenvalue weighted by atomic mass is 32.1. The van der Waals surface area contributed by atoms with Crippen molar-refractivity contribution in [1.82, 2.24) is 4.98 Å². The van der Waals surface area contributed by atoms with Gasteiger partial charge in [-0.05, 0) is 37.6 Å². The van der Waals surface area contributed by atoms with Gasteiger partial charge in [-0.1, -0.05) is 30.3 Å². The van der Waals surface area contributed by atoms with E-state index in [1.165, 1.54) is 5.56 Å². The van der Waals surface area contributed by atoms with Crippen molar-refractivity contribution >= 4 is 17.0 Å². The summed E-state index contributed by atoms with van der Waals surface area (Å²) in [5.41, 5.74) is 4.32. The molecule has 1 aliphatic rings. The van der Waals surface area contributed by atoms with Crippen LogP contribution in [0.25, 0.3) is 11.3 Å². The number of hydrogen-bond donors (Lipinski definition) is 1. The van der Waals surface area contributed by atoms with E-state index >= 15 is 0 Å². The van der Waals surface area contributed by atoms with Gasteiger partial charge in [0, 0.05) is 17.4 Å². The highest BCUT2D eigenvalue weighted by Gasteiger charge is 2.26. The summed E-state index contributed by atoms with van der Waals surface area (Å²) in [5, 5.41) is 6.73. The number of aromatic nitrogens is 1. The summed E-state index contributed by atoms with van der Waals surface area (Å²) in [6.45, 7) is 4.99. The average Bonchev–Trinajstić information content (AvgIpc) is 3.03. The summed E-state index contributed by atoms with van der Waals surface area (Å²) >= 11 is 1.71. The summed E-state index contributed by atoms with van der Waals surface area (Å²) in [6, 6.07) is 16.7. The first kappa shape index (κ1) is 15.2. The van der Waals surface area contributed by atoms with Crippen LogP contribution < -0.4 is 10.1 Å². The monoisotopic (exact) mass is 336 g/mol. The van der Waals surface area contributed by atoms with E-state index in [0.717, 1.165) is 40.7 Å². The third-order valence-electron chi connectivity index (χ3n) is 4.12. The molecule has 122 valence electrons. The fourth-order valence-electron chi connectivity index (χ4n) is 2.85. The van der Waals surface area contributed by atoms with E-state index in [9.17, 15) is 0 Å². The van der Waals surface area contributed by atoms with Crippen LogP contribution in [-0.4, -0.2) is 17.1 Å². The molecule has 0 amide bonds. The highest BCUT2D eigenvalue weighted by molar-refractivity contribution is 7.10. The molecule has 3 nitrogen and oxygen atoms in total. The maximum absolute atomic E-state index is 6.01. The van der Waals surface area contributed by atoms with E-state index in [4.69, 9.17) is 9.72 Å². The molecule has 3 aromatic rings. The number of thiazole rings is 1. The number of ether oxygens (including phenoxy) is 1. The maximum Gasteiger partial charge on any atom is 0.143 e. The van der Waals surface area contributed by atoms with Crippen molar-refractivity contribution in [3.8, 4) is 17.0 Å². The molecule has 4 heteroatoms. The third kappa shape index (κ3) is 3.15. The number of anilines is 1. The molecule has 0 unspecified atom stereocenters. The van der Waals surface area contributed by atoms with Crippen molar-refractivity contribution in [3.05, 3.63) is 64.5 Å². The first-order valence-corrected chi connectivity index (χ1v) is 9.03. The molecule has 1 N–H and O–H groups in total. The Balaban J connectivity index is 1.57. The van der Waals surface area contributed by atoms with Crippen LogP contribution in [0.3, 0.4) is 0 Å². The summed E-state index contributed by atoms with van der Waals surface area (Å²) in [7, 11) is 0. The molecule has 4 rings (SSSR count). The number of rotatable bonds is 3. The first-order valence-electron chi connectivity index (χ1n) is 8.15. The molecule has 0 fully saturated rings. The van der Waals surface area contributed by atoms with E-state index < -0.39 is 0 Å². The lowest BCUT2D eigenvalue weighted by Gasteiger charge is -2.33. The lowest BCUT2D eigenvalue weighted by molar-refractivity contribution is 0.116. The summed E-state index contributed by atoms with van der Waals surface area (Å²) < 4.78 is 6.01. The highest BCUT2D eigenvalue weighted by Crippen LogP contribution is 2.36. The number of fused-ring (bicyclic) bond motifs is 1. The van der Waals surface area contributed by atoms with Crippen molar-refractivity contribution < 1.29 is 4.74 Å². The SMILES string of the molecule is CC1(C)CNc2cc(-c3csc(Cc4ccccc4)n3)ccc2O1. The first-order chi connectivity index (χ1) is 11.6. The Hall–Kier alpha value is -2.33. The van der Waals surface area contributed by atoms with Crippen LogP contribution in [0.4, 0.5) is 5.69 Å². The zero-order valence-electron chi connectivity index (χ0n) is 13.9. The molecule has 0 spiro atoms. The Morgan fingerprint density at radius 2 is 2.00 bits per heavy atom. The molecular weight excluding hydrogens is 316 g/mol. The summed E-state index contributed by atoms with van der Waals surface area (Å²) in [5.74, 6) is 0.912. The van der Waals surface area contributed by atoms with Gasteiger partial charge in [0.2, 0.25) is 0 Å². The van der Waals surface area contributed by atoms with E-state index in [2.05, 4.69) is 60.9 Å². The van der Waals surface area contributed by atoms with Crippen LogP contribution in [0.2, 0.25) is 0 Å². The minimum Gasteiger partial charge on any atom is -0.484 e. The topological polar surface area (TPSA) is 34.2 Å². The Bertz CT molecular complexity index is 855. The quantitative estimate of drug-likeness (QED) is 0.732. The molecule has 0 saturated carbocycles. The largest absolute Gasteiger partial charge is 0.484 e. The van der Waals surface area contributed by atoms with Gasteiger partial charge in [0.25, 0.3) is 0 Å². The second-order valence-electron chi connectivity index (χ2n) is 6.72. The lowest BCUT2D eigenvalue weighted by Crippen LogP contribution is -2.39. The molecular formula is C20H20N2OS. The van der Waals surface area contributed by atoms with E-state index in [1.807, 2.05) is 12.1 Å². The van der Waals surface area contributed by atoms with Crippen LogP contribution in [0.15, 0.2) is 53.9 Å². The maximum atomic E-state index is 6.01. The molecule has 0 bridgehead atoms. The van der Waals surface area contributed by atoms with Gasteiger partial charge in [-0.3, -0.25) is 0 Å². The zero-order valence-corrected chi connectivity index (χ0v) is 14.7. The van der Waals surface area contributed by atoms with Crippen molar-refractivity contribution in [2.75, 3.05) is 11.9 Å². The van der Waals surface area contributed by atoms with Gasteiger partial charge < -0.3 is 10.1 Å². The van der Waals surface area contributed by atoms with Crippen LogP contribution in [0, 0.1) is 0 Å². The molecule has 24 heavy (non-hydrogen) atoms. The van der Waals surface area contributed by atoms with Crippen molar-refractivity contribution in [1.29, 1.82) is 0 Å². The van der Waals surface area contributed by atoms with Gasteiger partial charge in [-0.2, -0.15) is 0 Å². The number of nitrogens with one attached hydrogen (secondary N) is 1. The Kier molecular flexibility index (Phi) is 3.77. The van der Waals surface area contributed by atoms with Crippen molar-refractivity contribution in [3.63, 3.8) is 0 Å². The van der Waals surface area contributed by atoms with E-state index in [1.54, 1.807) is 11.3 Å². The van der Waals surface area contributed by atoms with E-state index in [0.29, 0.717) is 0 Å². The minimum absolute atomic E-state index is 0.169. The number of benzene rings is 2. The number of nitrogens with zero attached hydrogens (tertiary/aromatic N) is 1. The van der Waals surface area contributed by atoms with Crippen LogP contribution >= 0.6 is 11.3 Å². The fraction of sp³-hybridized carbons (Fsp3) is 0.250. The van der Waals surface area contributed by atoms with Gasteiger partial charge in [-0.25, -0.2) is 4.98 Å². The van der Waals surface area contributed by atoms with Gasteiger partial charge in [-0.15, -0.1) is 11.3 Å². The Morgan fingerprint density at radius 3 is 2.83 bits per heavy atom. The fourth-order valence-corrected chi connectivity index (χ4v) is 3.69. The van der Waals surface area contributed by atoms with Crippen LogP contribution in [-0.2, 0) is 6.42 Å². The van der Waals surface area contributed by atoms with Crippen molar-refractivity contribution in [2.45, 2.75) is 25.9 Å². The minimum atomic E-state index is -0.169. The molecule has 0 radical (unpaired) electrons. The summed E-state index contributed by atoms with van der Waals surface area (Å²) in [4.78, 5) is 4.80. The second kappa shape index (κ2) is 5.95. The van der Waals surface area contributed by atoms with Gasteiger partial charge in [0.05, 0.1) is 22.9 Å². The predicted octanol–water partition coefficient (Wildman–Crippen LogP) is 4.98. The molecule has 1 aromatic heterocycles. The van der Waals surface area contributed by atoms with Gasteiger partial charge in [0.1, 0.15) is 11.4 Å². The molecule has 1 aliphatic heterocycles. The normalized spacial score (nSPS) is 15.2. The smallest absolute Gasteiger partial charge is 0.143 e. The van der Waals surface area contributed by atoms with Crippen LogP contribution in [0.1, 0.15) is 24.4 Å². The van der Waals surface area contributed by atoms with Crippen molar-refractivity contribution in [2.24, 2.45) is 0 Å². The molecule has 0 aliphatic carbocycles. The molecule has 2 heterocycles. The molecule has 0 saturated heterocycles. The lowest BCUT2D eigenvalue weighted by atomic mass is 10.1. The molecule has 2 aromatic carbocycles. The Labute approximate surface area is 146 Å². The molecule has 0 atom stereocenters.